The van der Waals surface area contributed by atoms with E-state index in [0.29, 0.717) is 13.2 Å². The average molecular weight is 277 g/mol. The highest BCUT2D eigenvalue weighted by atomic mass is 16.5. The molecule has 1 amide bonds. The van der Waals surface area contributed by atoms with Gasteiger partial charge in [0.15, 0.2) is 0 Å². The van der Waals surface area contributed by atoms with Crippen LogP contribution in [0, 0.1) is 0 Å². The molecule has 0 radical (unpaired) electrons. The number of hydrogen-bond donors (Lipinski definition) is 1. The number of nitrogens with one attached hydrogen (secondary N) is 1. The molecule has 1 heterocycles. The number of nitrogens with zero attached hydrogens (tertiary/aromatic N) is 2. The topological polar surface area (TPSA) is 44.8 Å². The van der Waals surface area contributed by atoms with E-state index in [-0.39, 0.29) is 11.9 Å². The van der Waals surface area contributed by atoms with Crippen molar-refractivity contribution in [3.63, 3.8) is 0 Å². The highest BCUT2D eigenvalue weighted by Gasteiger charge is 2.23. The highest BCUT2D eigenvalue weighted by Crippen LogP contribution is 2.18. The van der Waals surface area contributed by atoms with E-state index < -0.39 is 0 Å². The lowest BCUT2D eigenvalue weighted by atomic mass is 10.2. The summed E-state index contributed by atoms with van der Waals surface area (Å²) >= 11 is 0. The van der Waals surface area contributed by atoms with Crippen LogP contribution in [0.3, 0.4) is 0 Å². The van der Waals surface area contributed by atoms with Gasteiger partial charge < -0.3 is 15.0 Å². The van der Waals surface area contributed by atoms with Gasteiger partial charge in [0, 0.05) is 38.6 Å². The molecular weight excluding hydrogens is 254 g/mol. The first-order valence-electron chi connectivity index (χ1n) is 6.98. The van der Waals surface area contributed by atoms with Gasteiger partial charge in [-0.25, -0.2) is 0 Å². The van der Waals surface area contributed by atoms with E-state index in [1.807, 2.05) is 50.2 Å². The predicted octanol–water partition coefficient (Wildman–Crippen LogP) is 1.41. The van der Waals surface area contributed by atoms with Gasteiger partial charge in [0.2, 0.25) is 5.91 Å². The Bertz CT molecular complexity index is 456. The molecule has 20 heavy (non-hydrogen) atoms. The maximum atomic E-state index is 12.3. The fourth-order valence-corrected chi connectivity index (χ4v) is 2.24. The number of anilines is 2. The molecule has 1 unspecified atom stereocenters. The third kappa shape index (κ3) is 3.71. The zero-order chi connectivity index (χ0) is 14.5. The molecular formula is C15H23N3O2. The van der Waals surface area contributed by atoms with Crippen molar-refractivity contribution in [2.45, 2.75) is 13.0 Å². The molecule has 1 saturated heterocycles. The summed E-state index contributed by atoms with van der Waals surface area (Å²) in [7, 11) is 3.97. The van der Waals surface area contributed by atoms with E-state index in [4.69, 9.17) is 4.74 Å². The Morgan fingerprint density at radius 2 is 2.05 bits per heavy atom. The van der Waals surface area contributed by atoms with Crippen LogP contribution in [-0.2, 0) is 9.53 Å². The van der Waals surface area contributed by atoms with Gasteiger partial charge in [0.05, 0.1) is 19.3 Å². The molecule has 0 aliphatic carbocycles. The highest BCUT2D eigenvalue weighted by molar-refractivity contribution is 5.95. The van der Waals surface area contributed by atoms with Crippen molar-refractivity contribution in [2.24, 2.45) is 0 Å². The number of benzene rings is 1. The van der Waals surface area contributed by atoms with Crippen molar-refractivity contribution in [2.75, 3.05) is 50.6 Å². The molecule has 110 valence electrons. The second-order valence-electron chi connectivity index (χ2n) is 5.26. The van der Waals surface area contributed by atoms with Crippen molar-refractivity contribution in [3.8, 4) is 0 Å². The standard InChI is InChI=1S/C15H23N3O2/c1-12(18-7-9-20-10-8-18)15(19)16-13-5-4-6-14(11-13)17(2)3/h4-6,11-12H,7-10H2,1-3H3,(H,16,19). The molecule has 0 aromatic heterocycles. The quantitative estimate of drug-likeness (QED) is 0.904. The molecule has 1 aromatic rings. The smallest absolute Gasteiger partial charge is 0.241 e. The van der Waals surface area contributed by atoms with Crippen LogP contribution in [0.4, 0.5) is 11.4 Å². The summed E-state index contributed by atoms with van der Waals surface area (Å²) in [6.45, 7) is 4.97. The van der Waals surface area contributed by atoms with Gasteiger partial charge in [-0.05, 0) is 25.1 Å². The van der Waals surface area contributed by atoms with E-state index in [9.17, 15) is 4.79 Å². The minimum Gasteiger partial charge on any atom is -0.379 e. The lowest BCUT2D eigenvalue weighted by Gasteiger charge is -2.31. The van der Waals surface area contributed by atoms with Crippen molar-refractivity contribution in [1.29, 1.82) is 0 Å². The third-order valence-corrected chi connectivity index (χ3v) is 3.60. The lowest BCUT2D eigenvalue weighted by molar-refractivity contribution is -0.122. The van der Waals surface area contributed by atoms with Crippen LogP contribution in [0.25, 0.3) is 0 Å². The monoisotopic (exact) mass is 277 g/mol. The van der Waals surface area contributed by atoms with Gasteiger partial charge in [-0.1, -0.05) is 6.07 Å². The first-order chi connectivity index (χ1) is 9.58. The van der Waals surface area contributed by atoms with Crippen LogP contribution in [0.1, 0.15) is 6.92 Å². The average Bonchev–Trinajstić information content (AvgIpc) is 2.47. The molecule has 0 saturated carbocycles. The molecule has 1 aliphatic rings. The Morgan fingerprint density at radius 3 is 2.70 bits per heavy atom. The summed E-state index contributed by atoms with van der Waals surface area (Å²) in [6.07, 6.45) is 0. The fourth-order valence-electron chi connectivity index (χ4n) is 2.24. The minimum atomic E-state index is -0.137. The second kappa shape index (κ2) is 6.72. The van der Waals surface area contributed by atoms with Crippen LogP contribution in [0.5, 0.6) is 0 Å². The maximum Gasteiger partial charge on any atom is 0.241 e. The van der Waals surface area contributed by atoms with Crippen LogP contribution < -0.4 is 10.2 Å². The Hall–Kier alpha value is -1.59. The van der Waals surface area contributed by atoms with E-state index in [1.54, 1.807) is 0 Å². The SMILES string of the molecule is CC(C(=O)Nc1cccc(N(C)C)c1)N1CCOCC1. The molecule has 2 rings (SSSR count). The fraction of sp³-hybridized carbons (Fsp3) is 0.533. The second-order valence-corrected chi connectivity index (χ2v) is 5.26. The van der Waals surface area contributed by atoms with Crippen molar-refractivity contribution in [3.05, 3.63) is 24.3 Å². The van der Waals surface area contributed by atoms with Crippen LogP contribution >= 0.6 is 0 Å². The summed E-state index contributed by atoms with van der Waals surface area (Å²) in [5.41, 5.74) is 1.91. The first-order valence-corrected chi connectivity index (χ1v) is 6.98. The predicted molar refractivity (Wildman–Crippen MR) is 81.3 cm³/mol. The number of hydrogen-bond acceptors (Lipinski definition) is 4. The zero-order valence-corrected chi connectivity index (χ0v) is 12.4. The third-order valence-electron chi connectivity index (χ3n) is 3.60. The normalized spacial score (nSPS) is 17.6. The van der Waals surface area contributed by atoms with Gasteiger partial charge in [0.1, 0.15) is 0 Å². The molecule has 0 spiro atoms. The van der Waals surface area contributed by atoms with E-state index in [0.717, 1.165) is 24.5 Å². The largest absolute Gasteiger partial charge is 0.379 e. The Labute approximate surface area is 120 Å². The molecule has 0 bridgehead atoms. The molecule has 5 heteroatoms. The van der Waals surface area contributed by atoms with Crippen LogP contribution in [0.2, 0.25) is 0 Å². The van der Waals surface area contributed by atoms with Gasteiger partial charge >= 0.3 is 0 Å². The lowest BCUT2D eigenvalue weighted by Crippen LogP contribution is -2.47. The number of carbonyl (C=O) groups is 1. The number of amides is 1. The Balaban J connectivity index is 1.98. The number of rotatable bonds is 4. The first kappa shape index (κ1) is 14.8. The zero-order valence-electron chi connectivity index (χ0n) is 12.4. The Kier molecular flexibility index (Phi) is 4.98. The van der Waals surface area contributed by atoms with Crippen molar-refractivity contribution >= 4 is 17.3 Å². The maximum absolute atomic E-state index is 12.3. The molecule has 5 nitrogen and oxygen atoms in total. The van der Waals surface area contributed by atoms with Gasteiger partial charge in [-0.3, -0.25) is 9.69 Å². The summed E-state index contributed by atoms with van der Waals surface area (Å²) in [5.74, 6) is 0.0304. The summed E-state index contributed by atoms with van der Waals surface area (Å²) in [4.78, 5) is 16.4. The van der Waals surface area contributed by atoms with Crippen molar-refractivity contribution in [1.82, 2.24) is 4.90 Å². The van der Waals surface area contributed by atoms with E-state index >= 15 is 0 Å². The van der Waals surface area contributed by atoms with E-state index in [2.05, 4.69) is 10.2 Å². The summed E-state index contributed by atoms with van der Waals surface area (Å²) in [6, 6.07) is 7.72. The Morgan fingerprint density at radius 1 is 1.35 bits per heavy atom. The minimum absolute atomic E-state index is 0.0304. The van der Waals surface area contributed by atoms with Crippen molar-refractivity contribution < 1.29 is 9.53 Å². The van der Waals surface area contributed by atoms with Gasteiger partial charge in [-0.15, -0.1) is 0 Å². The molecule has 1 N–H and O–H groups in total. The van der Waals surface area contributed by atoms with Gasteiger partial charge in [0.25, 0.3) is 0 Å². The van der Waals surface area contributed by atoms with Crippen LogP contribution in [-0.4, -0.2) is 57.2 Å². The van der Waals surface area contributed by atoms with Gasteiger partial charge in [-0.2, -0.15) is 0 Å². The van der Waals surface area contributed by atoms with E-state index in [1.165, 1.54) is 0 Å². The van der Waals surface area contributed by atoms with Crippen LogP contribution in [0.15, 0.2) is 24.3 Å². The molecule has 1 atom stereocenters. The number of morpholine rings is 1. The summed E-state index contributed by atoms with van der Waals surface area (Å²) < 4.78 is 5.31. The molecule has 1 fully saturated rings. The number of ether oxygens (including phenoxy) is 1. The number of carbonyl (C=O) groups excluding carboxylic acids is 1. The summed E-state index contributed by atoms with van der Waals surface area (Å²) in [5, 5.41) is 2.99. The molecule has 1 aliphatic heterocycles. The molecule has 1 aromatic carbocycles.